The Morgan fingerprint density at radius 2 is 0.765 bits per heavy atom. The van der Waals surface area contributed by atoms with Gasteiger partial charge >= 0.3 is 25.7 Å². The van der Waals surface area contributed by atoms with Gasteiger partial charge < -0.3 is 24.2 Å². The Bertz CT molecular complexity index is 1370. The van der Waals surface area contributed by atoms with Crippen molar-refractivity contribution in [1.82, 2.24) is 0 Å². The zero-order chi connectivity index (χ0) is 49.9. The molecule has 0 aromatic heterocycles. The topological polar surface area (TPSA) is 155 Å². The van der Waals surface area contributed by atoms with Gasteiger partial charge in [0.15, 0.2) is 6.10 Å². The second-order valence-corrected chi connectivity index (χ2v) is 19.5. The summed E-state index contributed by atoms with van der Waals surface area (Å²) >= 11 is 0. The molecule has 0 amide bonds. The van der Waals surface area contributed by atoms with E-state index in [1.807, 2.05) is 0 Å². The average molecular weight is 979 g/mol. The van der Waals surface area contributed by atoms with Crippen LogP contribution in [0.3, 0.4) is 0 Å². The SMILES string of the molecule is CC/C=C\C/C=C\C/C=C\CCCCCCCCCC(=O)OCC(COP(=O)(O)OCC(CO)OC(=O)CCCCCCCCCCC)OC(=O)CCCCCCC/C=C\C/C=C\CCCCC. The first-order chi connectivity index (χ1) is 33.2. The zero-order valence-electron chi connectivity index (χ0n) is 43.3. The summed E-state index contributed by atoms with van der Waals surface area (Å²) in [6.45, 7) is 4.46. The molecule has 3 unspecified atom stereocenters. The van der Waals surface area contributed by atoms with Crippen molar-refractivity contribution in [3.8, 4) is 0 Å². The molecular weight excluding hydrogens is 880 g/mol. The van der Waals surface area contributed by atoms with Crippen LogP contribution >= 0.6 is 7.82 Å². The summed E-state index contributed by atoms with van der Waals surface area (Å²) in [6, 6.07) is 0. The second-order valence-electron chi connectivity index (χ2n) is 18.0. The van der Waals surface area contributed by atoms with E-state index in [0.29, 0.717) is 19.3 Å². The summed E-state index contributed by atoms with van der Waals surface area (Å²) in [7, 11) is -4.74. The van der Waals surface area contributed by atoms with Gasteiger partial charge in [-0.25, -0.2) is 4.57 Å². The monoisotopic (exact) mass is 979 g/mol. The summed E-state index contributed by atoms with van der Waals surface area (Å²) < 4.78 is 39.4. The van der Waals surface area contributed by atoms with Crippen LogP contribution in [0.25, 0.3) is 0 Å². The van der Waals surface area contributed by atoms with Gasteiger partial charge in [0, 0.05) is 19.3 Å². The van der Waals surface area contributed by atoms with E-state index in [2.05, 4.69) is 81.5 Å². The van der Waals surface area contributed by atoms with E-state index in [-0.39, 0.29) is 25.9 Å². The fourth-order valence-electron chi connectivity index (χ4n) is 7.28. The molecule has 0 aliphatic heterocycles. The molecule has 68 heavy (non-hydrogen) atoms. The van der Waals surface area contributed by atoms with Gasteiger partial charge in [-0.3, -0.25) is 23.4 Å². The van der Waals surface area contributed by atoms with E-state index in [9.17, 15) is 28.9 Å². The Hall–Kier alpha value is -2.82. The lowest BCUT2D eigenvalue weighted by Crippen LogP contribution is -2.30. The van der Waals surface area contributed by atoms with Crippen LogP contribution in [0.5, 0.6) is 0 Å². The Kier molecular flexibility index (Phi) is 48.5. The van der Waals surface area contributed by atoms with Crippen molar-refractivity contribution in [2.45, 2.75) is 251 Å². The molecule has 11 nitrogen and oxygen atoms in total. The number of carbonyl (C=O) groups is 3. The van der Waals surface area contributed by atoms with Crippen molar-refractivity contribution < 1.29 is 52.2 Å². The molecule has 3 atom stereocenters. The third kappa shape index (κ3) is 48.2. The van der Waals surface area contributed by atoms with Crippen LogP contribution in [-0.4, -0.2) is 66.5 Å². The maximum absolute atomic E-state index is 12.9. The molecule has 0 spiro atoms. The lowest BCUT2D eigenvalue weighted by molar-refractivity contribution is -0.161. The van der Waals surface area contributed by atoms with E-state index in [1.54, 1.807) is 0 Å². The lowest BCUT2D eigenvalue weighted by Gasteiger charge is -2.21. The molecule has 0 bridgehead atoms. The number of phosphoric acid groups is 1. The largest absolute Gasteiger partial charge is 0.472 e. The highest BCUT2D eigenvalue weighted by Crippen LogP contribution is 2.43. The smallest absolute Gasteiger partial charge is 0.462 e. The number of phosphoric ester groups is 1. The predicted molar refractivity (Wildman–Crippen MR) is 279 cm³/mol. The van der Waals surface area contributed by atoms with Gasteiger partial charge in [0.05, 0.1) is 19.8 Å². The Balaban J connectivity index is 4.76. The number of ether oxygens (including phenoxy) is 3. The van der Waals surface area contributed by atoms with Crippen molar-refractivity contribution in [2.75, 3.05) is 26.4 Å². The number of allylic oxidation sites excluding steroid dienone is 10. The highest BCUT2D eigenvalue weighted by molar-refractivity contribution is 7.47. The standard InChI is InChI=1S/C56H99O11P/c1-4-7-10-13-16-19-21-23-25-26-28-29-31-34-36-39-42-45-54(58)63-49-53(67-56(60)47-44-41-38-35-32-30-27-24-22-20-17-14-11-8-5-2)51-65-68(61,62)64-50-52(48-57)66-55(59)46-43-40-37-33-18-15-12-9-6-3/h7,10,16-17,19-20,23-25,27,52-53,57H,4-6,8-9,11-15,18,21-22,26,28-51H2,1-3H3,(H,61,62)/b10-7-,19-16-,20-17-,25-23-,27-24-. The quantitative estimate of drug-likeness (QED) is 0.0197. The highest BCUT2D eigenvalue weighted by Gasteiger charge is 2.28. The molecular formula is C56H99O11P. The van der Waals surface area contributed by atoms with Gasteiger partial charge in [-0.1, -0.05) is 197 Å². The van der Waals surface area contributed by atoms with E-state index in [1.165, 1.54) is 64.2 Å². The molecule has 0 aliphatic rings. The number of hydrogen-bond donors (Lipinski definition) is 2. The van der Waals surface area contributed by atoms with Gasteiger partial charge in [0.25, 0.3) is 0 Å². The van der Waals surface area contributed by atoms with Crippen LogP contribution in [0.2, 0.25) is 0 Å². The molecule has 0 saturated carbocycles. The first-order valence-corrected chi connectivity index (χ1v) is 28.7. The molecule has 0 aromatic carbocycles. The highest BCUT2D eigenvalue weighted by atomic mass is 31.2. The number of carbonyl (C=O) groups excluding carboxylic acids is 3. The molecule has 0 saturated heterocycles. The van der Waals surface area contributed by atoms with Crippen LogP contribution in [-0.2, 0) is 42.2 Å². The van der Waals surface area contributed by atoms with Gasteiger partial charge in [-0.2, -0.15) is 0 Å². The van der Waals surface area contributed by atoms with Crippen LogP contribution in [0, 0.1) is 0 Å². The minimum atomic E-state index is -4.74. The summed E-state index contributed by atoms with van der Waals surface area (Å²) in [6.07, 6.45) is 53.3. The molecule has 0 fully saturated rings. The summed E-state index contributed by atoms with van der Waals surface area (Å²) in [5, 5.41) is 9.75. The van der Waals surface area contributed by atoms with E-state index in [0.717, 1.165) is 116 Å². The average Bonchev–Trinajstić information content (AvgIpc) is 3.32. The Morgan fingerprint density at radius 3 is 1.21 bits per heavy atom. The zero-order valence-corrected chi connectivity index (χ0v) is 44.2. The minimum absolute atomic E-state index is 0.149. The maximum atomic E-state index is 12.9. The van der Waals surface area contributed by atoms with E-state index >= 15 is 0 Å². The van der Waals surface area contributed by atoms with Gasteiger partial charge in [0.1, 0.15) is 12.7 Å². The summed E-state index contributed by atoms with van der Waals surface area (Å²) in [5.41, 5.74) is 0. The number of unbranched alkanes of at least 4 members (excludes halogenated alkanes) is 23. The molecule has 0 aromatic rings. The molecule has 0 rings (SSSR count). The third-order valence-electron chi connectivity index (χ3n) is 11.4. The molecule has 394 valence electrons. The maximum Gasteiger partial charge on any atom is 0.472 e. The first-order valence-electron chi connectivity index (χ1n) is 27.2. The van der Waals surface area contributed by atoms with Crippen molar-refractivity contribution in [2.24, 2.45) is 0 Å². The normalized spacial score (nSPS) is 13.9. The number of aliphatic hydroxyl groups is 1. The Morgan fingerprint density at radius 1 is 0.426 bits per heavy atom. The summed E-state index contributed by atoms with van der Waals surface area (Å²) in [4.78, 5) is 48.3. The lowest BCUT2D eigenvalue weighted by atomic mass is 10.1. The third-order valence-corrected chi connectivity index (χ3v) is 12.4. The summed E-state index contributed by atoms with van der Waals surface area (Å²) in [5.74, 6) is -1.49. The number of aliphatic hydroxyl groups excluding tert-OH is 1. The van der Waals surface area contributed by atoms with Crippen LogP contribution in [0.1, 0.15) is 239 Å². The second kappa shape index (κ2) is 50.6. The molecule has 2 N–H and O–H groups in total. The van der Waals surface area contributed by atoms with Crippen molar-refractivity contribution >= 4 is 25.7 Å². The minimum Gasteiger partial charge on any atom is -0.462 e. The first kappa shape index (κ1) is 65.2. The number of hydrogen-bond acceptors (Lipinski definition) is 10. The van der Waals surface area contributed by atoms with Crippen molar-refractivity contribution in [3.05, 3.63) is 60.8 Å². The van der Waals surface area contributed by atoms with Crippen molar-refractivity contribution in [1.29, 1.82) is 0 Å². The molecule has 12 heteroatoms. The Labute approximate surface area is 415 Å². The fraction of sp³-hybridized carbons (Fsp3) is 0.768. The molecule has 0 heterocycles. The van der Waals surface area contributed by atoms with Gasteiger partial charge in [-0.05, 0) is 83.5 Å². The number of rotatable bonds is 50. The van der Waals surface area contributed by atoms with Gasteiger partial charge in [-0.15, -0.1) is 0 Å². The van der Waals surface area contributed by atoms with Crippen molar-refractivity contribution in [3.63, 3.8) is 0 Å². The molecule has 0 aliphatic carbocycles. The van der Waals surface area contributed by atoms with Gasteiger partial charge in [0.2, 0.25) is 0 Å². The van der Waals surface area contributed by atoms with E-state index in [4.69, 9.17) is 23.3 Å². The van der Waals surface area contributed by atoms with Crippen LogP contribution in [0.15, 0.2) is 60.8 Å². The van der Waals surface area contributed by atoms with Crippen LogP contribution in [0.4, 0.5) is 0 Å². The predicted octanol–water partition coefficient (Wildman–Crippen LogP) is 15.6. The van der Waals surface area contributed by atoms with Crippen LogP contribution < -0.4 is 0 Å². The molecule has 0 radical (unpaired) electrons. The van der Waals surface area contributed by atoms with E-state index < -0.39 is 57.8 Å². The fourth-order valence-corrected chi connectivity index (χ4v) is 8.07. The number of esters is 3.